The van der Waals surface area contributed by atoms with E-state index in [9.17, 15) is 13.2 Å². The number of ether oxygens (including phenoxy) is 1. The molecule has 2 nitrogen and oxygen atoms in total. The second-order valence-electron chi connectivity index (χ2n) is 5.10. The van der Waals surface area contributed by atoms with E-state index in [0.717, 1.165) is 19.3 Å². The van der Waals surface area contributed by atoms with E-state index in [1.165, 1.54) is 6.07 Å². The van der Waals surface area contributed by atoms with Gasteiger partial charge < -0.3 is 4.74 Å². The minimum atomic E-state index is -4.49. The van der Waals surface area contributed by atoms with Crippen LogP contribution in [0.2, 0.25) is 0 Å². The number of alkyl halides is 3. The highest BCUT2D eigenvalue weighted by Gasteiger charge is 2.40. The summed E-state index contributed by atoms with van der Waals surface area (Å²) in [6.07, 6.45) is -1.94. The fourth-order valence-corrected chi connectivity index (χ4v) is 2.45. The van der Waals surface area contributed by atoms with Crippen LogP contribution in [-0.4, -0.2) is 18.9 Å². The second kappa shape index (κ2) is 5.72. The Kier molecular flexibility index (Phi) is 4.81. The maximum Gasteiger partial charge on any atom is 0.406 e. The summed E-state index contributed by atoms with van der Waals surface area (Å²) < 4.78 is 42.2. The Morgan fingerprint density at radius 2 is 1.76 bits per heavy atom. The van der Waals surface area contributed by atoms with Crippen LogP contribution in [-0.2, 0) is 4.74 Å². The molecule has 0 aromatic heterocycles. The lowest BCUT2D eigenvalue weighted by atomic mass is 9.82. The molecule has 1 saturated carbocycles. The van der Waals surface area contributed by atoms with Crippen LogP contribution in [0.1, 0.15) is 33.1 Å². The van der Waals surface area contributed by atoms with Crippen molar-refractivity contribution in [3.05, 3.63) is 0 Å². The van der Waals surface area contributed by atoms with Crippen LogP contribution in [0.25, 0.3) is 0 Å². The van der Waals surface area contributed by atoms with Crippen LogP contribution in [0.5, 0.6) is 0 Å². The first-order valence-electron chi connectivity index (χ1n) is 5.90. The largest absolute Gasteiger partial charge is 0.406 e. The fraction of sp³-hybridized carbons (Fsp3) is 0.917. The molecular weight excluding hydrogens is 231 g/mol. The third kappa shape index (κ3) is 4.55. The molecule has 1 rings (SSSR count). The molecule has 0 aliphatic heterocycles. The predicted molar refractivity (Wildman–Crippen MR) is 57.1 cm³/mol. The van der Waals surface area contributed by atoms with Gasteiger partial charge in [-0.2, -0.15) is 18.4 Å². The zero-order chi connectivity index (χ0) is 13.1. The van der Waals surface area contributed by atoms with E-state index in [4.69, 9.17) is 10.00 Å². The number of hydrogen-bond donors (Lipinski definition) is 0. The molecule has 0 aromatic carbocycles. The van der Waals surface area contributed by atoms with Crippen molar-refractivity contribution in [2.75, 3.05) is 6.61 Å². The van der Waals surface area contributed by atoms with Gasteiger partial charge in [-0.15, -0.1) is 0 Å². The van der Waals surface area contributed by atoms with Crippen molar-refractivity contribution >= 4 is 0 Å². The summed E-state index contributed by atoms with van der Waals surface area (Å²) in [7, 11) is 0. The SMILES string of the molecule is CC1CC(C)CC(OCC(C#N)C(F)(F)F)C1. The van der Waals surface area contributed by atoms with Gasteiger partial charge >= 0.3 is 6.18 Å². The van der Waals surface area contributed by atoms with Crippen molar-refractivity contribution in [2.24, 2.45) is 17.8 Å². The van der Waals surface area contributed by atoms with Gasteiger partial charge in [0.2, 0.25) is 0 Å². The van der Waals surface area contributed by atoms with Gasteiger partial charge in [-0.3, -0.25) is 0 Å². The molecule has 0 N–H and O–H groups in total. The highest BCUT2D eigenvalue weighted by Crippen LogP contribution is 2.32. The lowest BCUT2D eigenvalue weighted by Crippen LogP contribution is -2.32. The first kappa shape index (κ1) is 14.3. The maximum absolute atomic E-state index is 12.3. The molecule has 1 fully saturated rings. The number of hydrogen-bond acceptors (Lipinski definition) is 2. The molecule has 0 spiro atoms. The van der Waals surface area contributed by atoms with E-state index in [2.05, 4.69) is 13.8 Å². The normalized spacial score (nSPS) is 31.9. The zero-order valence-electron chi connectivity index (χ0n) is 10.1. The van der Waals surface area contributed by atoms with Gasteiger partial charge in [-0.05, 0) is 31.1 Å². The molecule has 3 unspecified atom stereocenters. The third-order valence-corrected chi connectivity index (χ3v) is 3.18. The molecule has 0 saturated heterocycles. The Hall–Kier alpha value is -0.760. The highest BCUT2D eigenvalue weighted by molar-refractivity contribution is 4.88. The van der Waals surface area contributed by atoms with E-state index in [0.29, 0.717) is 11.8 Å². The number of halogens is 3. The monoisotopic (exact) mass is 249 g/mol. The van der Waals surface area contributed by atoms with Crippen molar-refractivity contribution in [1.82, 2.24) is 0 Å². The number of nitriles is 1. The summed E-state index contributed by atoms with van der Waals surface area (Å²) in [5.41, 5.74) is 0. The van der Waals surface area contributed by atoms with Crippen LogP contribution in [0.4, 0.5) is 13.2 Å². The van der Waals surface area contributed by atoms with E-state index in [1.54, 1.807) is 0 Å². The molecule has 0 aromatic rings. The van der Waals surface area contributed by atoms with Gasteiger partial charge in [0.25, 0.3) is 0 Å². The Balaban J connectivity index is 2.42. The van der Waals surface area contributed by atoms with Crippen LogP contribution in [0.15, 0.2) is 0 Å². The van der Waals surface area contributed by atoms with Crippen molar-refractivity contribution in [3.63, 3.8) is 0 Å². The van der Waals surface area contributed by atoms with Crippen molar-refractivity contribution in [3.8, 4) is 6.07 Å². The van der Waals surface area contributed by atoms with E-state index in [-0.39, 0.29) is 6.10 Å². The third-order valence-electron chi connectivity index (χ3n) is 3.18. The van der Waals surface area contributed by atoms with Crippen molar-refractivity contribution < 1.29 is 17.9 Å². The molecule has 3 atom stereocenters. The van der Waals surface area contributed by atoms with Gasteiger partial charge in [0.15, 0.2) is 5.92 Å². The zero-order valence-corrected chi connectivity index (χ0v) is 10.1. The summed E-state index contributed by atoms with van der Waals surface area (Å²) in [6.45, 7) is 3.62. The summed E-state index contributed by atoms with van der Waals surface area (Å²) in [4.78, 5) is 0. The molecular formula is C12H18F3NO. The lowest BCUT2D eigenvalue weighted by Gasteiger charge is -2.31. The first-order valence-corrected chi connectivity index (χ1v) is 5.90. The van der Waals surface area contributed by atoms with Crippen molar-refractivity contribution in [2.45, 2.75) is 45.4 Å². The van der Waals surface area contributed by atoms with E-state index >= 15 is 0 Å². The van der Waals surface area contributed by atoms with Crippen LogP contribution >= 0.6 is 0 Å². The first-order chi connectivity index (χ1) is 7.82. The quantitative estimate of drug-likeness (QED) is 0.766. The fourth-order valence-electron chi connectivity index (χ4n) is 2.45. The Bertz CT molecular complexity index is 274. The molecule has 0 heterocycles. The van der Waals surface area contributed by atoms with Crippen molar-refractivity contribution in [1.29, 1.82) is 5.26 Å². The molecule has 0 bridgehead atoms. The van der Waals surface area contributed by atoms with Gasteiger partial charge in [-0.25, -0.2) is 0 Å². The molecule has 5 heteroatoms. The van der Waals surface area contributed by atoms with Gasteiger partial charge in [0, 0.05) is 0 Å². The van der Waals surface area contributed by atoms with Crippen LogP contribution in [0.3, 0.4) is 0 Å². The summed E-state index contributed by atoms with van der Waals surface area (Å²) in [5.74, 6) is -1.04. The Morgan fingerprint density at radius 1 is 1.24 bits per heavy atom. The standard InChI is InChI=1S/C12H18F3NO/c1-8-3-9(2)5-11(4-8)17-7-10(6-16)12(13,14)15/h8-11H,3-5,7H2,1-2H3. The number of rotatable bonds is 3. The van der Waals surface area contributed by atoms with Gasteiger partial charge in [-0.1, -0.05) is 13.8 Å². The molecule has 1 aliphatic carbocycles. The second-order valence-corrected chi connectivity index (χ2v) is 5.10. The van der Waals surface area contributed by atoms with E-state index in [1.807, 2.05) is 0 Å². The lowest BCUT2D eigenvalue weighted by molar-refractivity contribution is -0.177. The summed E-state index contributed by atoms with van der Waals surface area (Å²) >= 11 is 0. The average molecular weight is 249 g/mol. The topological polar surface area (TPSA) is 33.0 Å². The minimum Gasteiger partial charge on any atom is -0.376 e. The van der Waals surface area contributed by atoms with Gasteiger partial charge in [0.05, 0.1) is 18.8 Å². The van der Waals surface area contributed by atoms with E-state index < -0.39 is 18.7 Å². The number of nitrogens with zero attached hydrogens (tertiary/aromatic N) is 1. The van der Waals surface area contributed by atoms with Gasteiger partial charge in [0.1, 0.15) is 0 Å². The average Bonchev–Trinajstić information content (AvgIpc) is 2.14. The maximum atomic E-state index is 12.3. The van der Waals surface area contributed by atoms with Crippen LogP contribution in [0, 0.1) is 29.1 Å². The summed E-state index contributed by atoms with van der Waals surface area (Å²) in [6, 6.07) is 1.25. The molecule has 0 radical (unpaired) electrons. The molecule has 17 heavy (non-hydrogen) atoms. The Labute approximate surface area is 99.8 Å². The predicted octanol–water partition coefficient (Wildman–Crippen LogP) is 3.53. The molecule has 1 aliphatic rings. The molecule has 98 valence electrons. The highest BCUT2D eigenvalue weighted by atomic mass is 19.4. The Morgan fingerprint density at radius 3 is 2.18 bits per heavy atom. The smallest absolute Gasteiger partial charge is 0.376 e. The van der Waals surface area contributed by atoms with Crippen LogP contribution < -0.4 is 0 Å². The molecule has 0 amide bonds. The minimum absolute atomic E-state index is 0.132. The summed E-state index contributed by atoms with van der Waals surface area (Å²) in [5, 5.41) is 8.45.